The minimum atomic E-state index is 0.829. The van der Waals surface area contributed by atoms with Crippen molar-refractivity contribution in [2.75, 3.05) is 62.8 Å². The molecule has 1 N–H and O–H groups in total. The van der Waals surface area contributed by atoms with E-state index in [9.17, 15) is 0 Å². The first kappa shape index (κ1) is 20.4. The Balaban J connectivity index is 1.60. The Hall–Kier alpha value is -1.83. The molecule has 2 aliphatic rings. The van der Waals surface area contributed by atoms with Crippen LogP contribution in [0.15, 0.2) is 24.3 Å². The Labute approximate surface area is 178 Å². The van der Waals surface area contributed by atoms with Crippen LogP contribution in [-0.4, -0.2) is 71.7 Å². The maximum atomic E-state index is 4.98. The fourth-order valence-electron chi connectivity index (χ4n) is 3.97. The largest absolute Gasteiger partial charge is 0.370 e. The lowest BCUT2D eigenvalue weighted by molar-refractivity contribution is 0.313. The first-order valence-electron chi connectivity index (χ1n) is 10.6. The van der Waals surface area contributed by atoms with Crippen LogP contribution in [0.2, 0.25) is 0 Å². The Kier molecular flexibility index (Phi) is 6.57. The van der Waals surface area contributed by atoms with Gasteiger partial charge in [-0.3, -0.25) is 0 Å². The summed E-state index contributed by atoms with van der Waals surface area (Å²) in [6, 6.07) is 8.79. The Morgan fingerprint density at radius 1 is 1.03 bits per heavy atom. The number of hydrogen-bond donors (Lipinski definition) is 1. The van der Waals surface area contributed by atoms with Gasteiger partial charge in [0.1, 0.15) is 5.82 Å². The van der Waals surface area contributed by atoms with Gasteiger partial charge in [-0.1, -0.05) is 18.9 Å². The predicted molar refractivity (Wildman–Crippen MR) is 124 cm³/mol. The molecule has 0 saturated carbocycles. The maximum Gasteiger partial charge on any atom is 0.161 e. The predicted octanol–water partition coefficient (Wildman–Crippen LogP) is 3.35. The molecule has 0 radical (unpaired) electrons. The third-order valence-electron chi connectivity index (χ3n) is 5.82. The minimum absolute atomic E-state index is 0.829. The molecular weight excluding hydrogens is 380 g/mol. The molecule has 1 fully saturated rings. The van der Waals surface area contributed by atoms with Gasteiger partial charge in [-0.25, -0.2) is 14.3 Å². The van der Waals surface area contributed by atoms with Crippen LogP contribution in [0.3, 0.4) is 0 Å². The van der Waals surface area contributed by atoms with E-state index in [1.165, 1.54) is 11.3 Å². The minimum Gasteiger partial charge on any atom is -0.370 e. The van der Waals surface area contributed by atoms with E-state index in [4.69, 9.17) is 9.97 Å². The van der Waals surface area contributed by atoms with E-state index >= 15 is 0 Å². The number of piperazine rings is 1. The number of nitrogens with zero attached hydrogens (tertiary/aromatic N) is 5. The summed E-state index contributed by atoms with van der Waals surface area (Å²) in [5.41, 5.74) is 4.84. The normalized spacial score (nSPS) is 18.0. The fraction of sp³-hybridized carbons (Fsp3) is 0.545. The van der Waals surface area contributed by atoms with E-state index in [1.807, 2.05) is 0 Å². The zero-order chi connectivity index (χ0) is 20.2. The lowest BCUT2D eigenvalue weighted by atomic mass is 10.1. The molecule has 1 aromatic heterocycles. The topological polar surface area (TPSA) is 47.5 Å². The number of hydrogen-bond acceptors (Lipinski definition) is 7. The highest BCUT2D eigenvalue weighted by atomic mass is 32.2. The van der Waals surface area contributed by atoms with E-state index in [1.54, 1.807) is 11.9 Å². The van der Waals surface area contributed by atoms with Crippen molar-refractivity contribution in [1.82, 2.24) is 19.2 Å². The van der Waals surface area contributed by atoms with Crippen molar-refractivity contribution in [2.24, 2.45) is 0 Å². The molecule has 4 rings (SSSR count). The van der Waals surface area contributed by atoms with E-state index in [2.05, 4.69) is 63.9 Å². The van der Waals surface area contributed by atoms with E-state index in [0.29, 0.717) is 0 Å². The third kappa shape index (κ3) is 4.68. The molecule has 156 valence electrons. The molecule has 0 unspecified atom stereocenters. The van der Waals surface area contributed by atoms with Gasteiger partial charge in [0.15, 0.2) is 5.82 Å². The van der Waals surface area contributed by atoms with Gasteiger partial charge in [0.05, 0.1) is 12.2 Å². The third-order valence-corrected chi connectivity index (χ3v) is 6.65. The summed E-state index contributed by atoms with van der Waals surface area (Å²) in [6.45, 7) is 9.47. The number of fused-ring (bicyclic) bond motifs is 1. The van der Waals surface area contributed by atoms with Gasteiger partial charge in [-0.05, 0) is 50.4 Å². The Morgan fingerprint density at radius 2 is 1.79 bits per heavy atom. The molecule has 7 heteroatoms. The lowest BCUT2D eigenvalue weighted by Crippen LogP contribution is -2.44. The zero-order valence-corrected chi connectivity index (χ0v) is 18.6. The second kappa shape index (κ2) is 9.32. The molecule has 2 aliphatic heterocycles. The van der Waals surface area contributed by atoms with Gasteiger partial charge >= 0.3 is 0 Å². The average Bonchev–Trinajstić information content (AvgIpc) is 2.77. The number of nitrogens with one attached hydrogen (secondary N) is 1. The number of aromatic nitrogens is 2. The van der Waals surface area contributed by atoms with Gasteiger partial charge in [0, 0.05) is 56.1 Å². The molecule has 0 atom stereocenters. The van der Waals surface area contributed by atoms with Crippen LogP contribution < -0.4 is 10.2 Å². The summed E-state index contributed by atoms with van der Waals surface area (Å²) in [7, 11) is 2.19. The van der Waals surface area contributed by atoms with Gasteiger partial charge in [-0.15, -0.1) is 0 Å². The van der Waals surface area contributed by atoms with Crippen molar-refractivity contribution in [3.05, 3.63) is 35.5 Å². The molecule has 1 aromatic carbocycles. The van der Waals surface area contributed by atoms with Crippen LogP contribution in [0.25, 0.3) is 11.4 Å². The molecule has 1 saturated heterocycles. The summed E-state index contributed by atoms with van der Waals surface area (Å²) in [4.78, 5) is 14.7. The van der Waals surface area contributed by atoms with E-state index < -0.39 is 0 Å². The van der Waals surface area contributed by atoms with E-state index in [-0.39, 0.29) is 0 Å². The van der Waals surface area contributed by atoms with Crippen LogP contribution in [0, 0.1) is 0 Å². The molecule has 2 aromatic rings. The van der Waals surface area contributed by atoms with Crippen molar-refractivity contribution in [3.63, 3.8) is 0 Å². The van der Waals surface area contributed by atoms with Crippen molar-refractivity contribution in [3.8, 4) is 11.4 Å². The molecule has 0 bridgehead atoms. The molecule has 0 spiro atoms. The zero-order valence-electron chi connectivity index (χ0n) is 17.8. The molecule has 0 amide bonds. The molecule has 0 aliphatic carbocycles. The van der Waals surface area contributed by atoms with Crippen LogP contribution in [0.4, 0.5) is 11.5 Å². The monoisotopic (exact) mass is 412 g/mol. The molecule has 6 nitrogen and oxygen atoms in total. The summed E-state index contributed by atoms with van der Waals surface area (Å²) in [6.07, 6.45) is 4.23. The molecule has 3 heterocycles. The van der Waals surface area contributed by atoms with Crippen LogP contribution in [0.5, 0.6) is 0 Å². The van der Waals surface area contributed by atoms with Gasteiger partial charge in [0.2, 0.25) is 0 Å². The van der Waals surface area contributed by atoms with Crippen LogP contribution in [0.1, 0.15) is 24.6 Å². The molecule has 29 heavy (non-hydrogen) atoms. The Bertz CT molecular complexity index is 800. The highest BCUT2D eigenvalue weighted by Gasteiger charge is 2.22. The number of anilines is 2. The van der Waals surface area contributed by atoms with Crippen molar-refractivity contribution >= 4 is 23.5 Å². The first-order chi connectivity index (χ1) is 14.2. The average molecular weight is 413 g/mol. The van der Waals surface area contributed by atoms with Crippen LogP contribution >= 0.6 is 11.9 Å². The summed E-state index contributed by atoms with van der Waals surface area (Å²) < 4.78 is 2.37. The van der Waals surface area contributed by atoms with Gasteiger partial charge < -0.3 is 15.1 Å². The highest BCUT2D eigenvalue weighted by Crippen LogP contribution is 2.30. The first-order valence-corrected chi connectivity index (χ1v) is 11.8. The number of benzene rings is 1. The summed E-state index contributed by atoms with van der Waals surface area (Å²) >= 11 is 1.80. The highest BCUT2D eigenvalue weighted by molar-refractivity contribution is 7.96. The standard InChI is InChI=1S/C22H32N6S/c1-4-10-23-22-19-9-11-28(29-3)16-20(19)24-21(25-22)17-5-7-18(8-6-17)27-14-12-26(2)13-15-27/h5-8H,4,9-16H2,1-3H3,(H,23,24,25). The van der Waals surface area contributed by atoms with E-state index in [0.717, 1.165) is 81.6 Å². The van der Waals surface area contributed by atoms with Crippen molar-refractivity contribution in [1.29, 1.82) is 0 Å². The second-order valence-corrected chi connectivity index (χ2v) is 8.76. The number of rotatable bonds is 6. The van der Waals surface area contributed by atoms with Crippen LogP contribution in [-0.2, 0) is 13.0 Å². The quantitative estimate of drug-likeness (QED) is 0.730. The second-order valence-electron chi connectivity index (χ2n) is 7.88. The SMILES string of the molecule is CCCNc1nc(-c2ccc(N3CCN(C)CC3)cc2)nc2c1CCN(SC)C2. The molecular formula is C22H32N6S. The van der Waals surface area contributed by atoms with Crippen molar-refractivity contribution in [2.45, 2.75) is 26.3 Å². The fourth-order valence-corrected chi connectivity index (χ4v) is 4.49. The van der Waals surface area contributed by atoms with Gasteiger partial charge in [-0.2, -0.15) is 0 Å². The lowest BCUT2D eigenvalue weighted by Gasteiger charge is -2.34. The Morgan fingerprint density at radius 3 is 2.48 bits per heavy atom. The number of likely N-dealkylation sites (N-methyl/N-ethyl adjacent to an activating group) is 1. The van der Waals surface area contributed by atoms with Gasteiger partial charge in [0.25, 0.3) is 0 Å². The smallest absolute Gasteiger partial charge is 0.161 e. The maximum absolute atomic E-state index is 4.98. The summed E-state index contributed by atoms with van der Waals surface area (Å²) in [5.74, 6) is 1.85. The summed E-state index contributed by atoms with van der Waals surface area (Å²) in [5, 5.41) is 3.54. The van der Waals surface area contributed by atoms with Crippen molar-refractivity contribution < 1.29 is 0 Å².